The summed E-state index contributed by atoms with van der Waals surface area (Å²) in [6.07, 6.45) is 2.14. The molecule has 2 aromatic rings. The van der Waals surface area contributed by atoms with E-state index in [2.05, 4.69) is 6.92 Å². The van der Waals surface area contributed by atoms with Crippen molar-refractivity contribution in [1.82, 2.24) is 0 Å². The summed E-state index contributed by atoms with van der Waals surface area (Å²) in [7, 11) is 1.53. The molecule has 24 heavy (non-hydrogen) atoms. The lowest BCUT2D eigenvalue weighted by molar-refractivity contribution is 0.108. The van der Waals surface area contributed by atoms with E-state index in [0.29, 0.717) is 22.9 Å². The van der Waals surface area contributed by atoms with Crippen molar-refractivity contribution >= 4 is 31.0 Å². The second-order valence-corrected chi connectivity index (χ2v) is 7.10. The summed E-state index contributed by atoms with van der Waals surface area (Å²) in [5.41, 5.74) is 1.46. The smallest absolute Gasteiger partial charge is 0.190 e. The van der Waals surface area contributed by atoms with Crippen LogP contribution in [0.1, 0.15) is 35.7 Å². The number of unbranched alkanes of at least 4 members (excludes halogenated alkanes) is 1. The molecule has 0 spiro atoms. The van der Waals surface area contributed by atoms with Gasteiger partial charge in [0.25, 0.3) is 0 Å². The Kier molecular flexibility index (Phi) is 7.08. The molecule has 3 nitrogen and oxygen atoms in total. The summed E-state index contributed by atoms with van der Waals surface area (Å²) >= 11 is 6.19. The van der Waals surface area contributed by atoms with E-state index in [1.165, 1.54) is 0 Å². The molecule has 0 aliphatic heterocycles. The van der Waals surface area contributed by atoms with Crippen LogP contribution in [0.4, 0.5) is 0 Å². The van der Waals surface area contributed by atoms with Crippen molar-refractivity contribution in [3.63, 3.8) is 0 Å². The van der Waals surface area contributed by atoms with E-state index in [4.69, 9.17) is 21.1 Å². The molecule has 0 radical (unpaired) electrons. The second-order valence-electron chi connectivity index (χ2n) is 5.45. The molecule has 0 aliphatic rings. The van der Waals surface area contributed by atoms with Gasteiger partial charge in [0.15, 0.2) is 5.52 Å². The van der Waals surface area contributed by atoms with Gasteiger partial charge in [-0.15, -0.1) is 0 Å². The molecule has 0 fully saturated rings. The van der Waals surface area contributed by atoms with Gasteiger partial charge in [0.2, 0.25) is 0 Å². The standard InChI is InChI=1S/C19H22ClO3P/c1-4-5-11-23-14-9-10-17(13(2)12-14)24-19(21)18-15(20)7-6-8-16(18)22-3/h6-10,12,24H,4-5,11H2,1-3H3. The van der Waals surface area contributed by atoms with Crippen molar-refractivity contribution in [3.05, 3.63) is 52.5 Å². The highest BCUT2D eigenvalue weighted by molar-refractivity contribution is 7.66. The average molecular weight is 365 g/mol. The maximum atomic E-state index is 12.7. The summed E-state index contributed by atoms with van der Waals surface area (Å²) in [6, 6.07) is 11.1. The SMILES string of the molecule is CCCCOc1ccc(PC(=O)c2c(Cl)cccc2OC)c(C)c1. The van der Waals surface area contributed by atoms with Crippen LogP contribution < -0.4 is 14.8 Å². The fourth-order valence-electron chi connectivity index (χ4n) is 2.28. The zero-order valence-corrected chi connectivity index (χ0v) is 15.9. The molecule has 2 aromatic carbocycles. The number of carbonyl (C=O) groups excluding carboxylic acids is 1. The average Bonchev–Trinajstić information content (AvgIpc) is 2.57. The number of benzene rings is 2. The molecule has 0 heterocycles. The molecule has 1 atom stereocenters. The van der Waals surface area contributed by atoms with Crippen LogP contribution in [-0.4, -0.2) is 19.2 Å². The molecule has 0 amide bonds. The molecule has 5 heteroatoms. The number of carbonyl (C=O) groups is 1. The van der Waals surface area contributed by atoms with Gasteiger partial charge in [-0.3, -0.25) is 4.79 Å². The lowest BCUT2D eigenvalue weighted by Gasteiger charge is -2.12. The first-order chi connectivity index (χ1) is 11.6. The van der Waals surface area contributed by atoms with E-state index in [-0.39, 0.29) is 14.1 Å². The summed E-state index contributed by atoms with van der Waals surface area (Å²) < 4.78 is 11.0. The molecule has 0 saturated carbocycles. The molecule has 0 bridgehead atoms. The first-order valence-electron chi connectivity index (χ1n) is 7.94. The largest absolute Gasteiger partial charge is 0.496 e. The Bertz CT molecular complexity index is 716. The lowest BCUT2D eigenvalue weighted by Crippen LogP contribution is -2.07. The van der Waals surface area contributed by atoms with E-state index < -0.39 is 0 Å². The minimum Gasteiger partial charge on any atom is -0.496 e. The quantitative estimate of drug-likeness (QED) is 0.489. The molecule has 0 N–H and O–H groups in total. The Balaban J connectivity index is 2.15. The van der Waals surface area contributed by atoms with Crippen molar-refractivity contribution < 1.29 is 14.3 Å². The van der Waals surface area contributed by atoms with E-state index in [1.807, 2.05) is 25.1 Å². The van der Waals surface area contributed by atoms with Crippen LogP contribution in [0.15, 0.2) is 36.4 Å². The fourth-order valence-corrected chi connectivity index (χ4v) is 3.67. The molecule has 0 aliphatic carbocycles. The van der Waals surface area contributed by atoms with Gasteiger partial charge in [0, 0.05) is 0 Å². The van der Waals surface area contributed by atoms with Crippen LogP contribution in [0.25, 0.3) is 0 Å². The predicted molar refractivity (Wildman–Crippen MR) is 102 cm³/mol. The van der Waals surface area contributed by atoms with Gasteiger partial charge in [-0.05, 0) is 57.1 Å². The van der Waals surface area contributed by atoms with Gasteiger partial charge in [-0.25, -0.2) is 0 Å². The molecule has 128 valence electrons. The first kappa shape index (κ1) is 18.8. The maximum absolute atomic E-state index is 12.7. The molecule has 1 unspecified atom stereocenters. The van der Waals surface area contributed by atoms with E-state index in [0.717, 1.165) is 29.5 Å². The van der Waals surface area contributed by atoms with Crippen LogP contribution in [0.2, 0.25) is 5.02 Å². The number of methoxy groups -OCH3 is 1. The topological polar surface area (TPSA) is 35.5 Å². The highest BCUT2D eigenvalue weighted by Crippen LogP contribution is 2.33. The van der Waals surface area contributed by atoms with Gasteiger partial charge >= 0.3 is 0 Å². The normalized spacial score (nSPS) is 11.0. The highest BCUT2D eigenvalue weighted by Gasteiger charge is 2.17. The minimum atomic E-state index is -0.0276. The predicted octanol–water partition coefficient (Wildman–Crippen LogP) is 4.98. The second kappa shape index (κ2) is 9.05. The number of hydrogen-bond donors (Lipinski definition) is 0. The third-order valence-corrected chi connectivity index (χ3v) is 5.26. The number of rotatable bonds is 8. The van der Waals surface area contributed by atoms with Crippen LogP contribution in [0.3, 0.4) is 0 Å². The van der Waals surface area contributed by atoms with Gasteiger partial charge in [-0.1, -0.05) is 37.1 Å². The summed E-state index contributed by atoms with van der Waals surface area (Å²) in [6.45, 7) is 4.84. The van der Waals surface area contributed by atoms with Crippen LogP contribution in [-0.2, 0) is 0 Å². The van der Waals surface area contributed by atoms with Gasteiger partial charge in [0.1, 0.15) is 11.5 Å². The van der Waals surface area contributed by atoms with Gasteiger partial charge < -0.3 is 9.47 Å². The van der Waals surface area contributed by atoms with Crippen molar-refractivity contribution in [2.75, 3.05) is 13.7 Å². The Morgan fingerprint density at radius 3 is 2.71 bits per heavy atom. The van der Waals surface area contributed by atoms with Gasteiger partial charge in [-0.2, -0.15) is 0 Å². The zero-order valence-electron chi connectivity index (χ0n) is 14.2. The van der Waals surface area contributed by atoms with E-state index >= 15 is 0 Å². The lowest BCUT2D eigenvalue weighted by atomic mass is 10.2. The molecule has 0 saturated heterocycles. The minimum absolute atomic E-state index is 0.00980. The van der Waals surface area contributed by atoms with E-state index in [9.17, 15) is 4.79 Å². The van der Waals surface area contributed by atoms with Crippen LogP contribution in [0.5, 0.6) is 11.5 Å². The van der Waals surface area contributed by atoms with Gasteiger partial charge in [0.05, 0.1) is 24.3 Å². The number of hydrogen-bond acceptors (Lipinski definition) is 3. The summed E-state index contributed by atoms with van der Waals surface area (Å²) in [5, 5.41) is 1.41. The number of ether oxygens (including phenoxy) is 2. The highest BCUT2D eigenvalue weighted by atomic mass is 35.5. The zero-order chi connectivity index (χ0) is 17.5. The molecular formula is C19H22ClO3P. The molecular weight excluding hydrogens is 343 g/mol. The summed E-state index contributed by atoms with van der Waals surface area (Å²) in [5.74, 6) is 1.36. The Morgan fingerprint density at radius 2 is 2.04 bits per heavy atom. The van der Waals surface area contributed by atoms with Crippen molar-refractivity contribution in [1.29, 1.82) is 0 Å². The van der Waals surface area contributed by atoms with E-state index in [1.54, 1.807) is 25.3 Å². The third kappa shape index (κ3) is 4.72. The molecule has 0 aromatic heterocycles. The van der Waals surface area contributed by atoms with Crippen molar-refractivity contribution in [2.24, 2.45) is 0 Å². The molecule has 2 rings (SSSR count). The fraction of sp³-hybridized carbons (Fsp3) is 0.316. The Hall–Kier alpha value is -1.57. The first-order valence-corrected chi connectivity index (χ1v) is 9.32. The third-order valence-electron chi connectivity index (χ3n) is 3.64. The van der Waals surface area contributed by atoms with Crippen LogP contribution in [0, 0.1) is 6.92 Å². The number of halogens is 1. The number of aryl methyl sites for hydroxylation is 1. The Labute approximate surface area is 150 Å². The maximum Gasteiger partial charge on any atom is 0.190 e. The summed E-state index contributed by atoms with van der Waals surface area (Å²) in [4.78, 5) is 12.7. The van der Waals surface area contributed by atoms with Crippen LogP contribution >= 0.6 is 20.2 Å². The van der Waals surface area contributed by atoms with Crippen molar-refractivity contribution in [3.8, 4) is 11.5 Å². The van der Waals surface area contributed by atoms with Crippen molar-refractivity contribution in [2.45, 2.75) is 26.7 Å². The monoisotopic (exact) mass is 364 g/mol. The Morgan fingerprint density at radius 1 is 1.25 bits per heavy atom.